The van der Waals surface area contributed by atoms with Gasteiger partial charge in [-0.1, -0.05) is 17.7 Å². The summed E-state index contributed by atoms with van der Waals surface area (Å²) in [6.45, 7) is 0. The van der Waals surface area contributed by atoms with Crippen LogP contribution in [0.15, 0.2) is 22.7 Å². The first-order chi connectivity index (χ1) is 7.29. The molecule has 1 unspecified atom stereocenters. The van der Waals surface area contributed by atoms with Crippen LogP contribution < -0.4 is 0 Å². The second-order valence-corrected chi connectivity index (χ2v) is 4.60. The molecule has 1 nitrogen and oxygen atoms in total. The minimum Gasteiger partial charge on any atom is -0.388 e. The topological polar surface area (TPSA) is 20.2 Å². The molecule has 0 aliphatic carbocycles. The first-order valence-electron chi connectivity index (χ1n) is 4.49. The van der Waals surface area contributed by atoms with Crippen LogP contribution in [0.3, 0.4) is 0 Å². The molecule has 6 heteroatoms. The van der Waals surface area contributed by atoms with E-state index >= 15 is 0 Å². The largest absolute Gasteiger partial charge is 0.389 e. The molecule has 0 saturated carbocycles. The van der Waals surface area contributed by atoms with E-state index in [-0.39, 0.29) is 6.42 Å². The van der Waals surface area contributed by atoms with Crippen LogP contribution in [0.25, 0.3) is 0 Å². The lowest BCUT2D eigenvalue weighted by Gasteiger charge is -2.13. The van der Waals surface area contributed by atoms with Gasteiger partial charge in [-0.05, 0) is 40.0 Å². The zero-order valence-corrected chi connectivity index (χ0v) is 10.4. The van der Waals surface area contributed by atoms with Gasteiger partial charge in [-0.2, -0.15) is 13.2 Å². The van der Waals surface area contributed by atoms with E-state index in [1.807, 2.05) is 0 Å². The van der Waals surface area contributed by atoms with Crippen LogP contribution in [0.5, 0.6) is 0 Å². The number of rotatable bonds is 3. The first-order valence-corrected chi connectivity index (χ1v) is 5.66. The molecule has 1 atom stereocenters. The molecule has 0 heterocycles. The molecule has 0 amide bonds. The molecule has 1 aromatic carbocycles. The van der Waals surface area contributed by atoms with Gasteiger partial charge in [0.15, 0.2) is 0 Å². The Balaban J connectivity index is 2.66. The van der Waals surface area contributed by atoms with Crippen molar-refractivity contribution in [3.63, 3.8) is 0 Å². The number of hydrogen-bond acceptors (Lipinski definition) is 1. The predicted octanol–water partition coefficient (Wildman–Crippen LogP) is 4.48. The third-order valence-electron chi connectivity index (χ3n) is 2.03. The molecule has 0 fully saturated rings. The molecular formula is C10H9BrClF3O. The highest BCUT2D eigenvalue weighted by atomic mass is 79.9. The van der Waals surface area contributed by atoms with Crippen molar-refractivity contribution >= 4 is 27.5 Å². The molecule has 0 aromatic heterocycles. The van der Waals surface area contributed by atoms with Gasteiger partial charge in [0.2, 0.25) is 0 Å². The van der Waals surface area contributed by atoms with Crippen molar-refractivity contribution in [3.8, 4) is 0 Å². The Bertz CT molecular complexity index is 368. The normalized spacial score (nSPS) is 13.9. The number of hydrogen-bond donors (Lipinski definition) is 1. The summed E-state index contributed by atoms with van der Waals surface area (Å²) in [4.78, 5) is 0. The van der Waals surface area contributed by atoms with E-state index in [4.69, 9.17) is 11.6 Å². The van der Waals surface area contributed by atoms with E-state index in [1.165, 1.54) is 18.2 Å². The quantitative estimate of drug-likeness (QED) is 0.871. The van der Waals surface area contributed by atoms with Gasteiger partial charge < -0.3 is 5.11 Å². The van der Waals surface area contributed by atoms with E-state index in [2.05, 4.69) is 15.9 Å². The summed E-state index contributed by atoms with van der Waals surface area (Å²) >= 11 is 8.87. The summed E-state index contributed by atoms with van der Waals surface area (Å²) < 4.78 is 36.4. The highest BCUT2D eigenvalue weighted by Crippen LogP contribution is 2.30. The Morgan fingerprint density at radius 1 is 1.38 bits per heavy atom. The van der Waals surface area contributed by atoms with Crippen LogP contribution in [-0.4, -0.2) is 11.3 Å². The summed E-state index contributed by atoms with van der Waals surface area (Å²) in [5, 5.41) is 9.99. The minimum atomic E-state index is -4.25. The summed E-state index contributed by atoms with van der Waals surface area (Å²) in [5.74, 6) is 0. The zero-order chi connectivity index (χ0) is 12.3. The maximum Gasteiger partial charge on any atom is 0.389 e. The van der Waals surface area contributed by atoms with Crippen molar-refractivity contribution in [2.24, 2.45) is 0 Å². The van der Waals surface area contributed by atoms with Crippen molar-refractivity contribution < 1.29 is 18.3 Å². The molecule has 0 aliphatic rings. The SMILES string of the molecule is OC(CCC(F)(F)F)c1ccc(Cl)c(Br)c1. The molecule has 1 N–H and O–H groups in total. The van der Waals surface area contributed by atoms with Crippen molar-refractivity contribution in [2.75, 3.05) is 0 Å². The second kappa shape index (κ2) is 5.38. The smallest absolute Gasteiger partial charge is 0.388 e. The van der Waals surface area contributed by atoms with E-state index in [1.54, 1.807) is 0 Å². The first kappa shape index (κ1) is 13.8. The number of aliphatic hydroxyl groups is 1. The lowest BCUT2D eigenvalue weighted by molar-refractivity contribution is -0.140. The Hall–Kier alpha value is -0.260. The van der Waals surface area contributed by atoms with Gasteiger partial charge in [0.1, 0.15) is 0 Å². The highest BCUT2D eigenvalue weighted by Gasteiger charge is 2.28. The molecule has 0 radical (unpaired) electrons. The maximum absolute atomic E-state index is 11.9. The van der Waals surface area contributed by atoms with Crippen LogP contribution in [0, 0.1) is 0 Å². The standard InChI is InChI=1S/C10H9BrClF3O/c11-7-5-6(1-2-8(7)12)9(16)3-4-10(13,14)15/h1-2,5,9,16H,3-4H2. The summed E-state index contributed by atoms with van der Waals surface area (Å²) in [6.07, 6.45) is -6.73. The Morgan fingerprint density at radius 2 is 2.00 bits per heavy atom. The van der Waals surface area contributed by atoms with Gasteiger partial charge in [-0.3, -0.25) is 0 Å². The van der Waals surface area contributed by atoms with Crippen LogP contribution in [0.2, 0.25) is 5.02 Å². The van der Waals surface area contributed by atoms with Gasteiger partial charge >= 0.3 is 6.18 Å². The van der Waals surface area contributed by atoms with Crippen LogP contribution in [0.4, 0.5) is 13.2 Å². The van der Waals surface area contributed by atoms with Gasteiger partial charge in [0, 0.05) is 10.9 Å². The zero-order valence-electron chi connectivity index (χ0n) is 8.06. The highest BCUT2D eigenvalue weighted by molar-refractivity contribution is 9.10. The van der Waals surface area contributed by atoms with Crippen molar-refractivity contribution in [3.05, 3.63) is 33.3 Å². The number of alkyl halides is 3. The summed E-state index contributed by atoms with van der Waals surface area (Å²) in [7, 11) is 0. The summed E-state index contributed by atoms with van der Waals surface area (Å²) in [5.41, 5.74) is 0.417. The van der Waals surface area contributed by atoms with E-state index < -0.39 is 18.7 Å². The third kappa shape index (κ3) is 4.31. The Labute approximate surface area is 104 Å². The van der Waals surface area contributed by atoms with Gasteiger partial charge in [0.25, 0.3) is 0 Å². The van der Waals surface area contributed by atoms with Gasteiger partial charge in [-0.25, -0.2) is 0 Å². The fraction of sp³-hybridized carbons (Fsp3) is 0.400. The van der Waals surface area contributed by atoms with E-state index in [0.29, 0.717) is 15.1 Å². The number of halogens is 5. The predicted molar refractivity (Wildman–Crippen MR) is 59.4 cm³/mol. The molecule has 0 spiro atoms. The molecule has 1 aromatic rings. The van der Waals surface area contributed by atoms with Crippen molar-refractivity contribution in [1.29, 1.82) is 0 Å². The molecule has 0 aliphatic heterocycles. The molecule has 16 heavy (non-hydrogen) atoms. The summed E-state index contributed by atoms with van der Waals surface area (Å²) in [6, 6.07) is 4.55. The monoisotopic (exact) mass is 316 g/mol. The maximum atomic E-state index is 11.9. The van der Waals surface area contributed by atoms with Crippen LogP contribution in [-0.2, 0) is 0 Å². The molecular weight excluding hydrogens is 308 g/mol. The Kier molecular flexibility index (Phi) is 4.64. The molecule has 1 rings (SSSR count). The van der Waals surface area contributed by atoms with Gasteiger partial charge in [-0.15, -0.1) is 0 Å². The minimum absolute atomic E-state index is 0.350. The lowest BCUT2D eigenvalue weighted by Crippen LogP contribution is -2.10. The van der Waals surface area contributed by atoms with Crippen LogP contribution in [0.1, 0.15) is 24.5 Å². The van der Waals surface area contributed by atoms with Crippen molar-refractivity contribution in [1.82, 2.24) is 0 Å². The lowest BCUT2D eigenvalue weighted by atomic mass is 10.1. The molecule has 90 valence electrons. The average molecular weight is 318 g/mol. The Morgan fingerprint density at radius 3 is 2.50 bits per heavy atom. The number of aliphatic hydroxyl groups excluding tert-OH is 1. The molecule has 0 saturated heterocycles. The second-order valence-electron chi connectivity index (χ2n) is 3.34. The van der Waals surface area contributed by atoms with E-state index in [9.17, 15) is 18.3 Å². The fourth-order valence-electron chi connectivity index (χ4n) is 1.19. The average Bonchev–Trinajstić information content (AvgIpc) is 2.17. The fourth-order valence-corrected chi connectivity index (χ4v) is 1.70. The van der Waals surface area contributed by atoms with Crippen molar-refractivity contribution in [2.45, 2.75) is 25.1 Å². The third-order valence-corrected chi connectivity index (χ3v) is 3.24. The van der Waals surface area contributed by atoms with E-state index in [0.717, 1.165) is 0 Å². The van der Waals surface area contributed by atoms with Crippen LogP contribution >= 0.6 is 27.5 Å². The number of benzene rings is 1. The van der Waals surface area contributed by atoms with Gasteiger partial charge in [0.05, 0.1) is 11.1 Å². The molecule has 0 bridgehead atoms.